The zero-order valence-corrected chi connectivity index (χ0v) is 20.3. The maximum atomic E-state index is 12.3. The van der Waals surface area contributed by atoms with Gasteiger partial charge in [0.1, 0.15) is 11.5 Å². The van der Waals surface area contributed by atoms with Crippen LogP contribution in [0.15, 0.2) is 47.6 Å². The maximum absolute atomic E-state index is 12.3. The lowest BCUT2D eigenvalue weighted by Gasteiger charge is -2.11. The van der Waals surface area contributed by atoms with Gasteiger partial charge in [-0.05, 0) is 12.5 Å². The molecular formula is C23H23N5O7S. The van der Waals surface area contributed by atoms with Crippen LogP contribution in [0.4, 0.5) is 4.79 Å². The van der Waals surface area contributed by atoms with Crippen molar-refractivity contribution in [2.75, 3.05) is 6.26 Å². The number of aryl methyl sites for hydroxylation is 1. The third-order valence-corrected chi connectivity index (χ3v) is 6.35. The fourth-order valence-electron chi connectivity index (χ4n) is 3.79. The van der Waals surface area contributed by atoms with Gasteiger partial charge in [0, 0.05) is 24.4 Å². The van der Waals surface area contributed by atoms with E-state index in [0.29, 0.717) is 29.9 Å². The summed E-state index contributed by atoms with van der Waals surface area (Å²) in [5, 5.41) is 18.6. The second-order valence-corrected chi connectivity index (χ2v) is 9.97. The highest BCUT2D eigenvalue weighted by Crippen LogP contribution is 2.28. The van der Waals surface area contributed by atoms with Crippen LogP contribution >= 0.6 is 0 Å². The monoisotopic (exact) mass is 513 g/mol. The van der Waals surface area contributed by atoms with E-state index in [1.165, 1.54) is 15.2 Å². The summed E-state index contributed by atoms with van der Waals surface area (Å²) in [5.74, 6) is -1.16. The summed E-state index contributed by atoms with van der Waals surface area (Å²) in [5.41, 5.74) is 1.16. The summed E-state index contributed by atoms with van der Waals surface area (Å²) in [6.45, 7) is 1.88. The number of rotatable bonds is 9. The predicted octanol–water partition coefficient (Wildman–Crippen LogP) is 3.14. The molecule has 0 saturated carbocycles. The van der Waals surface area contributed by atoms with E-state index in [0.717, 1.165) is 12.7 Å². The van der Waals surface area contributed by atoms with E-state index in [4.69, 9.17) is 4.74 Å². The van der Waals surface area contributed by atoms with Crippen LogP contribution < -0.4 is 4.74 Å². The molecule has 2 N–H and O–H groups in total. The van der Waals surface area contributed by atoms with E-state index < -0.39 is 32.9 Å². The number of benzene rings is 1. The molecule has 0 radical (unpaired) electrons. The molecule has 0 aliphatic rings. The van der Waals surface area contributed by atoms with Crippen LogP contribution in [0, 0.1) is 0 Å². The van der Waals surface area contributed by atoms with Gasteiger partial charge in [-0.2, -0.15) is 0 Å². The second kappa shape index (κ2) is 9.77. The number of hydrogen-bond acceptors (Lipinski definition) is 8. The number of aromatic nitrogens is 5. The van der Waals surface area contributed by atoms with Crippen molar-refractivity contribution in [3.05, 3.63) is 59.8 Å². The number of carbonyl (C=O) groups is 2. The number of carboxylic acid groups (broad SMARTS) is 2. The summed E-state index contributed by atoms with van der Waals surface area (Å²) >= 11 is 0. The topological polar surface area (TPSA) is 166 Å². The summed E-state index contributed by atoms with van der Waals surface area (Å²) in [6.07, 6.45) is 2.60. The standard InChI is InChI=1S/C23H23N5O7S/c1-3-4-10-16-25-19(36(2,33)34)20(35-23(31)32)28(16)13-15-11-12-27-18(21(29)30)17(26-22(27)24-15)14-8-6-5-7-9-14/h5-9,11-12H,3-4,10,13H2,1-2H3,(H,29,30)(H,31,32). The molecule has 12 nitrogen and oxygen atoms in total. The van der Waals surface area contributed by atoms with E-state index in [-0.39, 0.29) is 23.7 Å². The normalized spacial score (nSPS) is 11.6. The first-order valence-electron chi connectivity index (χ1n) is 11.0. The average Bonchev–Trinajstić information content (AvgIpc) is 3.36. The van der Waals surface area contributed by atoms with E-state index >= 15 is 0 Å². The zero-order valence-electron chi connectivity index (χ0n) is 19.4. The molecule has 4 rings (SSSR count). The number of hydrogen-bond donors (Lipinski definition) is 2. The first-order chi connectivity index (χ1) is 17.1. The Kier molecular flexibility index (Phi) is 6.75. The van der Waals surface area contributed by atoms with Crippen molar-refractivity contribution in [1.82, 2.24) is 23.9 Å². The first kappa shape index (κ1) is 24.9. The van der Waals surface area contributed by atoms with Gasteiger partial charge in [-0.25, -0.2) is 33.0 Å². The molecule has 0 saturated heterocycles. The van der Waals surface area contributed by atoms with E-state index in [1.54, 1.807) is 36.4 Å². The summed E-state index contributed by atoms with van der Waals surface area (Å²) < 4.78 is 32.2. The minimum Gasteiger partial charge on any atom is -0.476 e. The van der Waals surface area contributed by atoms with Gasteiger partial charge in [0.15, 0.2) is 15.5 Å². The van der Waals surface area contributed by atoms with Crippen LogP contribution in [0.1, 0.15) is 41.8 Å². The summed E-state index contributed by atoms with van der Waals surface area (Å²) in [7, 11) is -3.90. The zero-order chi connectivity index (χ0) is 26.0. The average molecular weight is 514 g/mol. The van der Waals surface area contributed by atoms with Crippen LogP contribution in [0.3, 0.4) is 0 Å². The SMILES string of the molecule is CCCCc1nc(S(C)(=O)=O)c(OC(=O)O)n1Cc1ccn2c(C(=O)O)c(-c3ccccc3)nc2n1. The molecule has 188 valence electrons. The molecular weight excluding hydrogens is 490 g/mol. The molecule has 13 heteroatoms. The Morgan fingerprint density at radius 3 is 2.39 bits per heavy atom. The fraction of sp³-hybridized carbons (Fsp3) is 0.261. The Hall–Kier alpha value is -4.26. The Labute approximate surface area is 205 Å². The number of ether oxygens (including phenoxy) is 1. The largest absolute Gasteiger partial charge is 0.512 e. The van der Waals surface area contributed by atoms with Gasteiger partial charge in [0.05, 0.1) is 12.2 Å². The van der Waals surface area contributed by atoms with Gasteiger partial charge in [-0.3, -0.25) is 8.97 Å². The van der Waals surface area contributed by atoms with Crippen LogP contribution in [0.25, 0.3) is 17.0 Å². The van der Waals surface area contributed by atoms with Crippen molar-refractivity contribution in [1.29, 1.82) is 0 Å². The van der Waals surface area contributed by atoms with Crippen molar-refractivity contribution in [3.63, 3.8) is 0 Å². The molecule has 3 aromatic heterocycles. The van der Waals surface area contributed by atoms with Gasteiger partial charge in [0.25, 0.3) is 0 Å². The van der Waals surface area contributed by atoms with Crippen molar-refractivity contribution in [3.8, 4) is 17.1 Å². The Morgan fingerprint density at radius 2 is 1.78 bits per heavy atom. The number of unbranched alkanes of at least 4 members (excludes halogenated alkanes) is 1. The molecule has 0 spiro atoms. The molecule has 0 aliphatic carbocycles. The quantitative estimate of drug-likeness (QED) is 0.317. The van der Waals surface area contributed by atoms with Crippen molar-refractivity contribution >= 4 is 27.7 Å². The predicted molar refractivity (Wildman–Crippen MR) is 127 cm³/mol. The Morgan fingerprint density at radius 1 is 1.06 bits per heavy atom. The highest BCUT2D eigenvalue weighted by atomic mass is 32.2. The van der Waals surface area contributed by atoms with Crippen molar-refractivity contribution in [2.45, 2.75) is 37.8 Å². The molecule has 0 atom stereocenters. The summed E-state index contributed by atoms with van der Waals surface area (Å²) in [6, 6.07) is 10.4. The summed E-state index contributed by atoms with van der Waals surface area (Å²) in [4.78, 5) is 36.4. The smallest absolute Gasteiger partial charge is 0.476 e. The molecule has 0 amide bonds. The molecule has 0 bridgehead atoms. The maximum Gasteiger partial charge on any atom is 0.512 e. The van der Waals surface area contributed by atoms with Gasteiger partial charge in [-0.1, -0.05) is 43.7 Å². The number of nitrogens with zero attached hydrogens (tertiary/aromatic N) is 5. The molecule has 0 unspecified atom stereocenters. The van der Waals surface area contributed by atoms with E-state index in [2.05, 4.69) is 15.0 Å². The van der Waals surface area contributed by atoms with Crippen LogP contribution in [0.2, 0.25) is 0 Å². The minimum atomic E-state index is -3.90. The number of imidazole rings is 2. The molecule has 1 aromatic carbocycles. The van der Waals surface area contributed by atoms with Crippen molar-refractivity contribution in [2.24, 2.45) is 0 Å². The first-order valence-corrected chi connectivity index (χ1v) is 12.9. The van der Waals surface area contributed by atoms with Crippen LogP contribution in [0.5, 0.6) is 5.88 Å². The van der Waals surface area contributed by atoms with Crippen LogP contribution in [-0.2, 0) is 22.8 Å². The lowest BCUT2D eigenvalue weighted by atomic mass is 10.1. The van der Waals surface area contributed by atoms with Gasteiger partial charge in [-0.15, -0.1) is 0 Å². The highest BCUT2D eigenvalue weighted by Gasteiger charge is 2.28. The highest BCUT2D eigenvalue weighted by molar-refractivity contribution is 7.90. The third kappa shape index (κ3) is 4.91. The van der Waals surface area contributed by atoms with Gasteiger partial charge in [0.2, 0.25) is 16.7 Å². The molecule has 36 heavy (non-hydrogen) atoms. The third-order valence-electron chi connectivity index (χ3n) is 5.38. The molecule has 0 aliphatic heterocycles. The van der Waals surface area contributed by atoms with Gasteiger partial charge < -0.3 is 14.9 Å². The van der Waals surface area contributed by atoms with Crippen molar-refractivity contribution < 1.29 is 33.0 Å². The minimum absolute atomic E-state index is 0.0595. The number of carboxylic acids is 1. The van der Waals surface area contributed by atoms with Gasteiger partial charge >= 0.3 is 12.1 Å². The Bertz CT molecular complexity index is 1560. The lowest BCUT2D eigenvalue weighted by molar-refractivity contribution is 0.0690. The van der Waals surface area contributed by atoms with E-state index in [9.17, 15) is 28.2 Å². The molecule has 3 heterocycles. The lowest BCUT2D eigenvalue weighted by Crippen LogP contribution is -2.14. The Balaban J connectivity index is 1.84. The number of sulfone groups is 1. The second-order valence-electron chi connectivity index (χ2n) is 8.04. The molecule has 4 aromatic rings. The van der Waals surface area contributed by atoms with Crippen LogP contribution in [-0.4, -0.2) is 60.9 Å². The number of aromatic carboxylic acids is 1. The molecule has 0 fully saturated rings. The number of fused-ring (bicyclic) bond motifs is 1. The fourth-order valence-corrected chi connectivity index (χ4v) is 4.53. The van der Waals surface area contributed by atoms with E-state index in [1.807, 2.05) is 6.92 Å².